The molecule has 2 aliphatic heterocycles. The maximum Gasteiger partial charge on any atom is 0.328 e. The first-order valence-corrected chi connectivity index (χ1v) is 23.3. The zero-order chi connectivity index (χ0) is 46.0. The third-order valence-corrected chi connectivity index (χ3v) is 15.2. The largest absolute Gasteiger partial charge is 0.489 e. The Balaban J connectivity index is 1.04. The van der Waals surface area contributed by atoms with E-state index in [-0.39, 0.29) is 53.5 Å². The van der Waals surface area contributed by atoms with E-state index in [1.165, 1.54) is 33.1 Å². The summed E-state index contributed by atoms with van der Waals surface area (Å²) in [5.41, 5.74) is 5.32. The second-order valence-electron chi connectivity index (χ2n) is 15.4. The van der Waals surface area contributed by atoms with E-state index in [4.69, 9.17) is 42.1 Å². The maximum absolute atomic E-state index is 14.7. The average Bonchev–Trinajstić information content (AvgIpc) is 3.67. The summed E-state index contributed by atoms with van der Waals surface area (Å²) in [5.74, 6) is -0.816. The summed E-state index contributed by atoms with van der Waals surface area (Å²) >= 11 is 13.0. The van der Waals surface area contributed by atoms with Crippen molar-refractivity contribution in [2.45, 2.75) is 62.2 Å². The number of aromatic nitrogens is 1. The summed E-state index contributed by atoms with van der Waals surface area (Å²) in [7, 11) is -3.26. The van der Waals surface area contributed by atoms with Crippen LogP contribution in [0.3, 0.4) is 0 Å². The van der Waals surface area contributed by atoms with Gasteiger partial charge in [0, 0.05) is 19.9 Å². The van der Waals surface area contributed by atoms with Gasteiger partial charge < -0.3 is 29.6 Å². The highest BCUT2D eigenvalue weighted by Crippen LogP contribution is 2.42. The molecule has 3 atom stereocenters. The fourth-order valence-electron chi connectivity index (χ4n) is 7.59. The first-order valence-electron chi connectivity index (χ1n) is 20.3. The van der Waals surface area contributed by atoms with Gasteiger partial charge in [-0.1, -0.05) is 89.1 Å². The van der Waals surface area contributed by atoms with Crippen molar-refractivity contribution in [2.24, 2.45) is 0 Å². The number of carbonyl (C=O) groups is 3. The van der Waals surface area contributed by atoms with Crippen LogP contribution in [0.15, 0.2) is 107 Å². The SMILES string of the molecule is COC(=O)C(Cc1ccc(-c2ccc(F)cc2)cc1)NC(=O)C1Cc2cc3c(cc2CN1S(=O)(=O)c1sc(NC(C)=O)nc1C)OC(c1ccc(OCc2ccc(Cl)c(Cl)c2)cc1)CO3. The molecule has 2 aliphatic rings. The molecule has 6 aromatic rings. The van der Waals surface area contributed by atoms with Crippen molar-refractivity contribution in [2.75, 3.05) is 19.0 Å². The van der Waals surface area contributed by atoms with Gasteiger partial charge in [-0.05, 0) is 101 Å². The van der Waals surface area contributed by atoms with E-state index in [1.54, 1.807) is 48.5 Å². The number of ether oxygens (including phenoxy) is 4. The normalized spacial score (nSPS) is 16.2. The minimum atomic E-state index is -4.46. The lowest BCUT2D eigenvalue weighted by Gasteiger charge is -2.36. The Kier molecular flexibility index (Phi) is 13.4. The number of carbonyl (C=O) groups excluding carboxylic acids is 3. The average molecular weight is 960 g/mol. The van der Waals surface area contributed by atoms with E-state index in [0.29, 0.717) is 44.0 Å². The van der Waals surface area contributed by atoms with Gasteiger partial charge in [0.1, 0.15) is 36.9 Å². The van der Waals surface area contributed by atoms with E-state index < -0.39 is 46.0 Å². The maximum atomic E-state index is 14.7. The molecule has 0 fully saturated rings. The Labute approximate surface area is 388 Å². The van der Waals surface area contributed by atoms with Gasteiger partial charge in [0.25, 0.3) is 10.0 Å². The zero-order valence-corrected chi connectivity index (χ0v) is 38.2. The van der Waals surface area contributed by atoms with Gasteiger partial charge in [-0.3, -0.25) is 9.59 Å². The molecule has 3 heterocycles. The quantitative estimate of drug-likeness (QED) is 0.107. The van der Waals surface area contributed by atoms with E-state index in [9.17, 15) is 27.2 Å². The Bertz CT molecular complexity index is 2880. The molecule has 0 spiro atoms. The van der Waals surface area contributed by atoms with Crippen LogP contribution in [0.25, 0.3) is 11.1 Å². The van der Waals surface area contributed by atoms with Crippen LogP contribution in [0.5, 0.6) is 17.2 Å². The number of benzene rings is 5. The molecule has 0 aliphatic carbocycles. The molecule has 3 unspecified atom stereocenters. The fraction of sp³-hybridized carbons (Fsp3) is 0.234. The number of esters is 1. The van der Waals surface area contributed by atoms with Gasteiger partial charge in [0.05, 0.1) is 22.8 Å². The van der Waals surface area contributed by atoms with Crippen LogP contribution in [0.1, 0.15) is 46.5 Å². The first-order chi connectivity index (χ1) is 31.1. The van der Waals surface area contributed by atoms with Crippen LogP contribution in [-0.2, 0) is 55.1 Å². The van der Waals surface area contributed by atoms with Crippen LogP contribution >= 0.6 is 34.5 Å². The van der Waals surface area contributed by atoms with Crippen LogP contribution < -0.4 is 24.8 Å². The van der Waals surface area contributed by atoms with Crippen LogP contribution in [0, 0.1) is 12.7 Å². The summed E-state index contributed by atoms with van der Waals surface area (Å²) in [6.07, 6.45) is -0.561. The molecule has 65 heavy (non-hydrogen) atoms. The second-order valence-corrected chi connectivity index (χ2v) is 19.3. The van der Waals surface area contributed by atoms with Crippen LogP contribution in [0.2, 0.25) is 10.0 Å². The van der Waals surface area contributed by atoms with Gasteiger partial charge >= 0.3 is 5.97 Å². The van der Waals surface area contributed by atoms with Gasteiger partial charge in [0.15, 0.2) is 26.9 Å². The number of sulfonamides is 1. The number of nitrogens with zero attached hydrogens (tertiary/aromatic N) is 2. The molecule has 0 radical (unpaired) electrons. The lowest BCUT2D eigenvalue weighted by atomic mass is 9.94. The van der Waals surface area contributed by atoms with E-state index in [2.05, 4.69) is 15.6 Å². The molecular weight excluding hydrogens is 919 g/mol. The summed E-state index contributed by atoms with van der Waals surface area (Å²) in [6.45, 7) is 3.00. The van der Waals surface area contributed by atoms with Crippen molar-refractivity contribution in [3.05, 3.63) is 153 Å². The molecule has 13 nitrogen and oxygen atoms in total. The van der Waals surface area contributed by atoms with Crippen molar-refractivity contribution >= 4 is 67.5 Å². The lowest BCUT2D eigenvalue weighted by molar-refractivity contribution is -0.145. The Morgan fingerprint density at radius 3 is 2.26 bits per heavy atom. The minimum Gasteiger partial charge on any atom is -0.489 e. The lowest BCUT2D eigenvalue weighted by Crippen LogP contribution is -2.56. The smallest absolute Gasteiger partial charge is 0.328 e. The van der Waals surface area contributed by atoms with Crippen molar-refractivity contribution in [3.63, 3.8) is 0 Å². The number of fused-ring (bicyclic) bond motifs is 2. The highest BCUT2D eigenvalue weighted by atomic mass is 35.5. The predicted molar refractivity (Wildman–Crippen MR) is 243 cm³/mol. The molecule has 8 rings (SSSR count). The predicted octanol–water partition coefficient (Wildman–Crippen LogP) is 8.63. The van der Waals surface area contributed by atoms with E-state index in [1.807, 2.05) is 42.5 Å². The van der Waals surface area contributed by atoms with Gasteiger partial charge in [-0.15, -0.1) is 0 Å². The number of thiazole rings is 1. The number of amides is 2. The summed E-state index contributed by atoms with van der Waals surface area (Å²) < 4.78 is 67.5. The Morgan fingerprint density at radius 2 is 1.58 bits per heavy atom. The summed E-state index contributed by atoms with van der Waals surface area (Å²) in [5, 5.41) is 6.30. The molecule has 336 valence electrons. The van der Waals surface area contributed by atoms with E-state index in [0.717, 1.165) is 37.9 Å². The number of rotatable bonds is 13. The minimum absolute atomic E-state index is 0.0283. The number of anilines is 1. The second kappa shape index (κ2) is 19.2. The molecule has 1 aromatic heterocycles. The van der Waals surface area contributed by atoms with Gasteiger partial charge in [-0.2, -0.15) is 4.31 Å². The van der Waals surface area contributed by atoms with Crippen molar-refractivity contribution in [1.29, 1.82) is 0 Å². The Hall–Kier alpha value is -6.04. The third-order valence-electron chi connectivity index (χ3n) is 10.9. The van der Waals surface area contributed by atoms with Crippen molar-refractivity contribution < 1.29 is 46.1 Å². The zero-order valence-electron chi connectivity index (χ0n) is 35.1. The molecule has 18 heteroatoms. The van der Waals surface area contributed by atoms with Gasteiger partial charge in [-0.25, -0.2) is 22.6 Å². The number of nitrogens with one attached hydrogen (secondary N) is 2. The topological polar surface area (TPSA) is 162 Å². The molecule has 0 bridgehead atoms. The summed E-state index contributed by atoms with van der Waals surface area (Å²) in [4.78, 5) is 43.8. The first kappa shape index (κ1) is 45.5. The number of methoxy groups -OCH3 is 1. The molecule has 0 saturated heterocycles. The summed E-state index contributed by atoms with van der Waals surface area (Å²) in [6, 6.07) is 26.9. The van der Waals surface area contributed by atoms with Gasteiger partial charge in [0.2, 0.25) is 11.8 Å². The van der Waals surface area contributed by atoms with Crippen LogP contribution in [-0.4, -0.2) is 61.3 Å². The highest BCUT2D eigenvalue weighted by molar-refractivity contribution is 7.91. The Morgan fingerprint density at radius 1 is 0.908 bits per heavy atom. The number of hydrogen-bond acceptors (Lipinski definition) is 11. The monoisotopic (exact) mass is 958 g/mol. The fourth-order valence-corrected chi connectivity index (χ4v) is 11.0. The number of halogens is 3. The number of aryl methyl sites for hydroxylation is 1. The molecule has 2 amide bonds. The molecule has 0 saturated carbocycles. The van der Waals surface area contributed by atoms with Crippen molar-refractivity contribution in [3.8, 4) is 28.4 Å². The standard InChI is InChI=1S/C47H41Cl2FN4O9S2/c1-26-46(64-47(51-26)52-27(2)55)65(58,59)54-23-34-22-42-41(62-25-43(63-42)32-11-15-36(16-12-32)61-24-29-6-17-37(48)38(49)18-29)21-33(34)20-40(54)44(56)53-39(45(57)60-3)19-28-4-7-30(8-5-28)31-9-13-35(50)14-10-31/h4-18,21-22,39-40,43H,19-20,23-25H2,1-3H3,(H,53,56)(H,51,52,55). The van der Waals surface area contributed by atoms with Crippen molar-refractivity contribution in [1.82, 2.24) is 14.6 Å². The highest BCUT2D eigenvalue weighted by Gasteiger charge is 2.43. The molecule has 5 aromatic carbocycles. The number of hydrogen-bond donors (Lipinski definition) is 2. The van der Waals surface area contributed by atoms with Crippen LogP contribution in [0.4, 0.5) is 9.52 Å². The molecule has 2 N–H and O–H groups in total. The van der Waals surface area contributed by atoms with E-state index >= 15 is 0 Å². The third kappa shape index (κ3) is 10.3. The molecular formula is C47H41Cl2FN4O9S2.